The van der Waals surface area contributed by atoms with Gasteiger partial charge in [0.2, 0.25) is 0 Å². The first-order valence-electron chi connectivity index (χ1n) is 11.6. The minimum Gasteiger partial charge on any atom is -0.310 e. The van der Waals surface area contributed by atoms with E-state index in [0.717, 1.165) is 29.8 Å². The lowest BCUT2D eigenvalue weighted by Gasteiger charge is -2.30. The number of thiophene rings is 2. The van der Waals surface area contributed by atoms with Crippen LogP contribution in [0, 0.1) is 13.8 Å². The number of hydrogen-bond donors (Lipinski definition) is 1. The van der Waals surface area contributed by atoms with E-state index in [4.69, 9.17) is 0 Å². The molecular formula is C27H27N3OS2. The molecule has 0 saturated heterocycles. The molecule has 3 aromatic heterocycles. The summed E-state index contributed by atoms with van der Waals surface area (Å²) in [5.41, 5.74) is 7.16. The third kappa shape index (κ3) is 3.44. The zero-order chi connectivity index (χ0) is 22.5. The maximum Gasteiger partial charge on any atom is 0.323 e. The van der Waals surface area contributed by atoms with Crippen LogP contribution in [0.1, 0.15) is 56.6 Å². The van der Waals surface area contributed by atoms with Crippen LogP contribution < -0.4 is 5.32 Å². The summed E-state index contributed by atoms with van der Waals surface area (Å²) in [4.78, 5) is 18.7. The van der Waals surface area contributed by atoms with E-state index in [1.54, 1.807) is 11.3 Å². The van der Waals surface area contributed by atoms with Crippen LogP contribution in [-0.2, 0) is 19.4 Å². The van der Waals surface area contributed by atoms with E-state index in [1.165, 1.54) is 44.3 Å². The highest BCUT2D eigenvalue weighted by molar-refractivity contribution is 7.15. The van der Waals surface area contributed by atoms with Gasteiger partial charge in [-0.05, 0) is 85.9 Å². The number of aromatic nitrogens is 1. The monoisotopic (exact) mass is 473 g/mol. The van der Waals surface area contributed by atoms with Crippen molar-refractivity contribution in [2.24, 2.45) is 0 Å². The van der Waals surface area contributed by atoms with Crippen LogP contribution in [0.4, 0.5) is 10.5 Å². The molecule has 4 heterocycles. The highest BCUT2D eigenvalue weighted by Gasteiger charge is 2.36. The van der Waals surface area contributed by atoms with Crippen molar-refractivity contribution >= 4 is 34.4 Å². The largest absolute Gasteiger partial charge is 0.323 e. The fraction of sp³-hybridized carbons (Fsp3) is 0.296. The Morgan fingerprint density at radius 2 is 1.91 bits per heavy atom. The van der Waals surface area contributed by atoms with Crippen molar-refractivity contribution in [3.63, 3.8) is 0 Å². The van der Waals surface area contributed by atoms with E-state index in [0.29, 0.717) is 6.54 Å². The van der Waals surface area contributed by atoms with Crippen LogP contribution in [0.5, 0.6) is 0 Å². The number of amides is 2. The molecule has 2 aliphatic rings. The number of anilines is 1. The number of carbonyl (C=O) groups excluding carboxylic acids is 1. The summed E-state index contributed by atoms with van der Waals surface area (Å²) in [6.07, 6.45) is 6.95. The molecule has 6 heteroatoms. The summed E-state index contributed by atoms with van der Waals surface area (Å²) < 4.78 is 2.34. The first-order chi connectivity index (χ1) is 16.1. The van der Waals surface area contributed by atoms with Gasteiger partial charge in [-0.25, -0.2) is 4.79 Å². The van der Waals surface area contributed by atoms with Crippen LogP contribution >= 0.6 is 22.7 Å². The molecule has 6 rings (SSSR count). The maximum atomic E-state index is 13.9. The van der Waals surface area contributed by atoms with E-state index in [9.17, 15) is 4.79 Å². The average Bonchev–Trinajstić information content (AvgIpc) is 3.56. The SMILES string of the molecule is Cc1cccc(NC(=O)N2Cc3c(sc4c3CCCC4)-n3cccc3[C@H]2c2cccs2)c1C. The second-order valence-corrected chi connectivity index (χ2v) is 11.1. The highest BCUT2D eigenvalue weighted by Crippen LogP contribution is 2.44. The maximum absolute atomic E-state index is 13.9. The summed E-state index contributed by atoms with van der Waals surface area (Å²) >= 11 is 3.65. The molecule has 2 amide bonds. The first-order valence-corrected chi connectivity index (χ1v) is 13.3. The molecule has 0 radical (unpaired) electrons. The van der Waals surface area contributed by atoms with Crippen LogP contribution in [0.3, 0.4) is 0 Å². The van der Waals surface area contributed by atoms with Gasteiger partial charge < -0.3 is 14.8 Å². The zero-order valence-electron chi connectivity index (χ0n) is 18.9. The van der Waals surface area contributed by atoms with E-state index in [2.05, 4.69) is 65.6 Å². The molecule has 0 unspecified atom stereocenters. The predicted octanol–water partition coefficient (Wildman–Crippen LogP) is 7.23. The van der Waals surface area contributed by atoms with Crippen molar-refractivity contribution in [1.29, 1.82) is 0 Å². The molecular weight excluding hydrogens is 446 g/mol. The Labute approximate surface area is 202 Å². The summed E-state index contributed by atoms with van der Waals surface area (Å²) in [5, 5.41) is 6.65. The predicted molar refractivity (Wildman–Crippen MR) is 137 cm³/mol. The molecule has 1 aliphatic carbocycles. The quantitative estimate of drug-likeness (QED) is 0.327. The van der Waals surface area contributed by atoms with Crippen LogP contribution in [0.25, 0.3) is 5.00 Å². The Balaban J connectivity index is 1.49. The molecule has 1 aromatic carbocycles. The van der Waals surface area contributed by atoms with Gasteiger partial charge in [0.05, 0.1) is 12.2 Å². The van der Waals surface area contributed by atoms with Crippen molar-refractivity contribution in [2.45, 2.75) is 52.1 Å². The van der Waals surface area contributed by atoms with Gasteiger partial charge in [0.25, 0.3) is 0 Å². The molecule has 4 aromatic rings. The van der Waals surface area contributed by atoms with Crippen molar-refractivity contribution < 1.29 is 4.79 Å². The number of fused-ring (bicyclic) bond motifs is 5. The van der Waals surface area contributed by atoms with E-state index >= 15 is 0 Å². The molecule has 0 bridgehead atoms. The Morgan fingerprint density at radius 1 is 1.03 bits per heavy atom. The zero-order valence-corrected chi connectivity index (χ0v) is 20.6. The number of rotatable bonds is 2. The summed E-state index contributed by atoms with van der Waals surface area (Å²) in [7, 11) is 0. The van der Waals surface area contributed by atoms with Gasteiger partial charge in [0.1, 0.15) is 11.0 Å². The number of nitrogens with one attached hydrogen (secondary N) is 1. The van der Waals surface area contributed by atoms with Crippen LogP contribution in [0.15, 0.2) is 54.0 Å². The molecule has 0 saturated carbocycles. The van der Waals surface area contributed by atoms with Crippen LogP contribution in [-0.4, -0.2) is 15.5 Å². The second-order valence-electron chi connectivity index (χ2n) is 9.02. The topological polar surface area (TPSA) is 37.3 Å². The number of carbonyl (C=O) groups is 1. The standard InChI is InChI=1S/C27H27N3OS2/c1-17-8-5-10-21(18(17)2)28-27(31)30-16-20-19-9-3-4-12-23(19)33-26(20)29-14-6-11-22(29)25(30)24-13-7-15-32-24/h5-8,10-11,13-15,25H,3-4,9,12,16H2,1-2H3,(H,28,31)/t25-/m0/s1. The summed E-state index contributed by atoms with van der Waals surface area (Å²) in [5.74, 6) is 0. The molecule has 168 valence electrons. The second kappa shape index (κ2) is 8.19. The fourth-order valence-corrected chi connectivity index (χ4v) is 7.46. The lowest BCUT2D eigenvalue weighted by Crippen LogP contribution is -2.38. The molecule has 0 fully saturated rings. The van der Waals surface area contributed by atoms with Crippen molar-refractivity contribution in [2.75, 3.05) is 5.32 Å². The summed E-state index contributed by atoms with van der Waals surface area (Å²) in [6, 6.07) is 14.5. The van der Waals surface area contributed by atoms with Gasteiger partial charge in [-0.1, -0.05) is 18.2 Å². The molecule has 1 aliphatic heterocycles. The van der Waals surface area contributed by atoms with Crippen molar-refractivity contribution in [1.82, 2.24) is 9.47 Å². The molecule has 33 heavy (non-hydrogen) atoms. The Bertz CT molecular complexity index is 1330. The number of aryl methyl sites for hydroxylation is 2. The van der Waals surface area contributed by atoms with Gasteiger partial charge in [-0.15, -0.1) is 22.7 Å². The molecule has 4 nitrogen and oxygen atoms in total. The average molecular weight is 474 g/mol. The lowest BCUT2D eigenvalue weighted by molar-refractivity contribution is 0.195. The summed E-state index contributed by atoms with van der Waals surface area (Å²) in [6.45, 7) is 4.78. The molecule has 1 N–H and O–H groups in total. The third-order valence-corrected chi connectivity index (χ3v) is 9.36. The van der Waals surface area contributed by atoms with Crippen LogP contribution in [0.2, 0.25) is 0 Å². The van der Waals surface area contributed by atoms with Crippen molar-refractivity contribution in [3.05, 3.63) is 91.7 Å². The normalized spacial score (nSPS) is 17.2. The minimum atomic E-state index is -0.121. The van der Waals surface area contributed by atoms with E-state index < -0.39 is 0 Å². The van der Waals surface area contributed by atoms with Gasteiger partial charge in [-0.3, -0.25) is 0 Å². The number of nitrogens with zero attached hydrogens (tertiary/aromatic N) is 2. The first kappa shape index (κ1) is 20.8. The minimum absolute atomic E-state index is 0.0431. The van der Waals surface area contributed by atoms with Gasteiger partial charge >= 0.3 is 6.03 Å². The number of urea groups is 1. The Morgan fingerprint density at radius 3 is 2.76 bits per heavy atom. The Kier molecular flexibility index (Phi) is 5.15. The third-order valence-electron chi connectivity index (χ3n) is 7.10. The van der Waals surface area contributed by atoms with Gasteiger partial charge in [0.15, 0.2) is 0 Å². The highest BCUT2D eigenvalue weighted by atomic mass is 32.1. The lowest BCUT2D eigenvalue weighted by atomic mass is 9.95. The van der Waals surface area contributed by atoms with E-state index in [1.807, 2.05) is 28.4 Å². The molecule has 1 atom stereocenters. The molecule has 0 spiro atoms. The number of hydrogen-bond acceptors (Lipinski definition) is 3. The van der Waals surface area contributed by atoms with Crippen molar-refractivity contribution in [3.8, 4) is 5.00 Å². The smallest absolute Gasteiger partial charge is 0.310 e. The van der Waals surface area contributed by atoms with E-state index in [-0.39, 0.29) is 12.1 Å². The van der Waals surface area contributed by atoms with Gasteiger partial charge in [-0.2, -0.15) is 0 Å². The fourth-order valence-electron chi connectivity index (χ4n) is 5.21. The Hall–Kier alpha value is -2.83. The number of benzene rings is 1. The van der Waals surface area contributed by atoms with Gasteiger partial charge in [0, 0.05) is 27.2 Å².